The molecule has 14 heteroatoms. The Kier molecular flexibility index (Phi) is 15.1. The summed E-state index contributed by atoms with van der Waals surface area (Å²) in [4.78, 5) is 58.8. The lowest BCUT2D eigenvalue weighted by molar-refractivity contribution is -0.164. The second-order valence-corrected chi connectivity index (χ2v) is 17.4. The predicted octanol–water partition coefficient (Wildman–Crippen LogP) is 5.20. The van der Waals surface area contributed by atoms with E-state index in [1.165, 1.54) is 17.7 Å². The number of nitrogens with zero attached hydrogens (tertiary/aromatic N) is 2. The number of H-pyrrole nitrogens is 1. The minimum absolute atomic E-state index is 0.0648. The van der Waals surface area contributed by atoms with Crippen LogP contribution in [-0.2, 0) is 32.9 Å². The summed E-state index contributed by atoms with van der Waals surface area (Å²) in [6, 6.07) is 38.7. The van der Waals surface area contributed by atoms with E-state index in [1.807, 2.05) is 36.4 Å². The SMILES string of the molecule is O=C(N[C@H]1CCN(C(=O)COc2cccc(C(O)(C(=O)OCC3CCN(Cc4ccccc4)CC3)c3ccccc3)c2)C1)c1ccc(CCNC[C@H](O)c2ccc(O)c3[nH]c(=O)ccc23)cc1. The number of piperidine rings is 1. The van der Waals surface area contributed by atoms with Gasteiger partial charge in [-0.25, -0.2) is 4.79 Å². The van der Waals surface area contributed by atoms with E-state index >= 15 is 0 Å². The first-order chi connectivity index (χ1) is 32.5. The lowest BCUT2D eigenvalue weighted by atomic mass is 9.86. The Morgan fingerprint density at radius 3 is 2.30 bits per heavy atom. The molecule has 67 heavy (non-hydrogen) atoms. The number of aromatic amines is 1. The number of amides is 2. The van der Waals surface area contributed by atoms with Crippen LogP contribution in [0.5, 0.6) is 11.5 Å². The van der Waals surface area contributed by atoms with E-state index in [4.69, 9.17) is 9.47 Å². The molecular weight excluding hydrogens is 851 g/mol. The number of carbonyl (C=O) groups excluding carboxylic acids is 3. The zero-order valence-electron chi connectivity index (χ0n) is 37.3. The van der Waals surface area contributed by atoms with Gasteiger partial charge in [0, 0.05) is 54.8 Å². The topological polar surface area (TPSA) is 194 Å². The highest BCUT2D eigenvalue weighted by Crippen LogP contribution is 2.34. The van der Waals surface area contributed by atoms with Crippen LogP contribution in [0.4, 0.5) is 0 Å². The number of likely N-dealkylation sites (tertiary alicyclic amines) is 2. The molecule has 2 aliphatic rings. The number of benzene rings is 5. The molecule has 0 aliphatic carbocycles. The first kappa shape index (κ1) is 46.7. The van der Waals surface area contributed by atoms with Crippen molar-refractivity contribution >= 4 is 28.7 Å². The van der Waals surface area contributed by atoms with Gasteiger partial charge in [-0.15, -0.1) is 0 Å². The molecule has 0 spiro atoms. The van der Waals surface area contributed by atoms with E-state index < -0.39 is 17.7 Å². The summed E-state index contributed by atoms with van der Waals surface area (Å²) in [5.41, 5.74) is 1.80. The molecule has 5 aromatic carbocycles. The van der Waals surface area contributed by atoms with Gasteiger partial charge in [-0.1, -0.05) is 91.0 Å². The lowest BCUT2D eigenvalue weighted by Crippen LogP contribution is -2.40. The van der Waals surface area contributed by atoms with Gasteiger partial charge in [0.05, 0.1) is 18.2 Å². The van der Waals surface area contributed by atoms with E-state index in [2.05, 4.69) is 32.7 Å². The zero-order valence-corrected chi connectivity index (χ0v) is 37.3. The number of aliphatic hydroxyl groups is 2. The third-order valence-corrected chi connectivity index (χ3v) is 12.8. The number of rotatable bonds is 18. The van der Waals surface area contributed by atoms with Crippen molar-refractivity contribution in [2.24, 2.45) is 5.92 Å². The maximum atomic E-state index is 13.9. The molecule has 1 unspecified atom stereocenters. The number of phenols is 1. The summed E-state index contributed by atoms with van der Waals surface area (Å²) in [5, 5.41) is 40.0. The number of pyridine rings is 1. The molecule has 0 bridgehead atoms. The molecule has 3 atom stereocenters. The summed E-state index contributed by atoms with van der Waals surface area (Å²) in [5.74, 6) is -0.852. The quantitative estimate of drug-likeness (QED) is 0.0491. The molecule has 2 fully saturated rings. The summed E-state index contributed by atoms with van der Waals surface area (Å²) < 4.78 is 11.8. The molecule has 348 valence electrons. The van der Waals surface area contributed by atoms with Gasteiger partial charge >= 0.3 is 5.97 Å². The van der Waals surface area contributed by atoms with Gasteiger partial charge in [0.25, 0.3) is 11.8 Å². The van der Waals surface area contributed by atoms with Crippen LogP contribution in [0.25, 0.3) is 10.9 Å². The number of aromatic nitrogens is 1. The number of aromatic hydroxyl groups is 1. The first-order valence-corrected chi connectivity index (χ1v) is 22.9. The standard InChI is InChI=1S/C53H57N5O9/c59-46-20-18-44(45-19-21-48(61)56-50(45)46)47(60)31-54-26-22-36-14-16-39(17-15-36)51(63)55-42-25-29-58(33-42)49(62)35-66-43-13-7-12-41(30-43)53(65,40-10-5-2-6-11-40)52(64)67-34-38-23-27-57(28-24-38)32-37-8-3-1-4-9-37/h1-21,30,38,42,47,54,59-60,65H,22-29,31-35H2,(H,55,63)(H,56,61)/t42-,47-,53?/m0/s1. The van der Waals surface area contributed by atoms with Crippen LogP contribution in [0.1, 0.15) is 63.5 Å². The van der Waals surface area contributed by atoms with E-state index in [1.54, 1.807) is 77.7 Å². The van der Waals surface area contributed by atoms with Gasteiger partial charge in [-0.3, -0.25) is 19.3 Å². The molecule has 6 N–H and O–H groups in total. The Morgan fingerprint density at radius 1 is 0.806 bits per heavy atom. The molecule has 2 aliphatic heterocycles. The highest BCUT2D eigenvalue weighted by atomic mass is 16.5. The molecular formula is C53H57N5O9. The summed E-state index contributed by atoms with van der Waals surface area (Å²) in [6.45, 7) is 4.20. The number of phenolic OH excluding ortho intramolecular Hbond substituents is 1. The molecule has 8 rings (SSSR count). The van der Waals surface area contributed by atoms with Crippen LogP contribution in [0.15, 0.2) is 138 Å². The van der Waals surface area contributed by atoms with Gasteiger partial charge < -0.3 is 45.3 Å². The normalized spacial score (nSPS) is 16.9. The molecule has 0 radical (unpaired) electrons. The molecule has 2 amide bonds. The van der Waals surface area contributed by atoms with E-state index in [0.717, 1.165) is 38.0 Å². The number of ether oxygens (including phenoxy) is 2. The van der Waals surface area contributed by atoms with Crippen LogP contribution in [-0.4, -0.2) is 106 Å². The van der Waals surface area contributed by atoms with Crippen LogP contribution >= 0.6 is 0 Å². The van der Waals surface area contributed by atoms with Gasteiger partial charge in [0.2, 0.25) is 11.2 Å². The second-order valence-electron chi connectivity index (χ2n) is 17.4. The molecule has 2 saturated heterocycles. The monoisotopic (exact) mass is 907 g/mol. The average Bonchev–Trinajstić information content (AvgIpc) is 3.83. The number of carbonyl (C=O) groups is 3. The van der Waals surface area contributed by atoms with Gasteiger partial charge in [0.1, 0.15) is 11.5 Å². The Balaban J connectivity index is 0.781. The largest absolute Gasteiger partial charge is 0.506 e. The van der Waals surface area contributed by atoms with Gasteiger partial charge in [-0.2, -0.15) is 0 Å². The molecule has 1 aromatic heterocycles. The number of esters is 1. The van der Waals surface area contributed by atoms with E-state index in [-0.39, 0.29) is 65.9 Å². The molecule has 0 saturated carbocycles. The van der Waals surface area contributed by atoms with Crippen LogP contribution in [0.2, 0.25) is 0 Å². The van der Waals surface area contributed by atoms with Crippen LogP contribution in [0.3, 0.4) is 0 Å². The molecule has 6 aromatic rings. The minimum atomic E-state index is -2.11. The zero-order chi connectivity index (χ0) is 46.8. The maximum absolute atomic E-state index is 13.9. The van der Waals surface area contributed by atoms with Crippen molar-refractivity contribution in [3.8, 4) is 11.5 Å². The highest BCUT2D eigenvalue weighted by molar-refractivity contribution is 5.94. The Labute approximate surface area is 389 Å². The van der Waals surface area contributed by atoms with Crippen molar-refractivity contribution in [2.45, 2.75) is 50.0 Å². The Bertz CT molecular complexity index is 2690. The third kappa shape index (κ3) is 11.6. The van der Waals surface area contributed by atoms with Crippen molar-refractivity contribution in [2.75, 3.05) is 52.5 Å². The third-order valence-electron chi connectivity index (χ3n) is 12.8. The van der Waals surface area contributed by atoms with Gasteiger partial charge in [-0.05, 0) is 110 Å². The first-order valence-electron chi connectivity index (χ1n) is 22.9. The van der Waals surface area contributed by atoms with Crippen molar-refractivity contribution in [1.29, 1.82) is 0 Å². The smallest absolute Gasteiger partial charge is 0.347 e. The second kappa shape index (κ2) is 21.6. The Morgan fingerprint density at radius 2 is 1.54 bits per heavy atom. The van der Waals surface area contributed by atoms with Crippen molar-refractivity contribution in [3.63, 3.8) is 0 Å². The van der Waals surface area contributed by atoms with Crippen LogP contribution in [0, 0.1) is 5.92 Å². The van der Waals surface area contributed by atoms with Crippen LogP contribution < -0.4 is 20.9 Å². The number of hydrogen-bond acceptors (Lipinski definition) is 11. The number of fused-ring (bicyclic) bond motifs is 1. The number of nitrogens with one attached hydrogen (secondary N) is 3. The summed E-state index contributed by atoms with van der Waals surface area (Å²) in [7, 11) is 0. The van der Waals surface area contributed by atoms with Crippen molar-refractivity contribution < 1.29 is 39.2 Å². The lowest BCUT2D eigenvalue weighted by Gasteiger charge is -2.33. The fourth-order valence-corrected chi connectivity index (χ4v) is 8.91. The van der Waals surface area contributed by atoms with E-state index in [9.17, 15) is 34.5 Å². The summed E-state index contributed by atoms with van der Waals surface area (Å²) >= 11 is 0. The molecule has 14 nitrogen and oxygen atoms in total. The number of hydrogen-bond donors (Lipinski definition) is 6. The van der Waals surface area contributed by atoms with Crippen molar-refractivity contribution in [1.82, 2.24) is 25.4 Å². The van der Waals surface area contributed by atoms with Crippen molar-refractivity contribution in [3.05, 3.63) is 177 Å². The fraction of sp³-hybridized carbons (Fsp3) is 0.321. The summed E-state index contributed by atoms with van der Waals surface area (Å²) in [6.07, 6.45) is 2.13. The minimum Gasteiger partial charge on any atom is -0.506 e. The Hall–Kier alpha value is -6.84. The highest BCUT2D eigenvalue weighted by Gasteiger charge is 2.42. The van der Waals surface area contributed by atoms with E-state index in [0.29, 0.717) is 60.3 Å². The number of aliphatic hydroxyl groups excluding tert-OH is 1. The average molecular weight is 908 g/mol. The van der Waals surface area contributed by atoms with Gasteiger partial charge in [0.15, 0.2) is 6.61 Å². The maximum Gasteiger partial charge on any atom is 0.347 e. The fourth-order valence-electron chi connectivity index (χ4n) is 8.91. The molecule has 3 heterocycles. The predicted molar refractivity (Wildman–Crippen MR) is 253 cm³/mol.